The molecule has 0 bridgehead atoms. The molecule has 0 fully saturated rings. The second-order valence-electron chi connectivity index (χ2n) is 21.4. The van der Waals surface area contributed by atoms with Crippen molar-refractivity contribution in [3.05, 3.63) is 36.5 Å². The van der Waals surface area contributed by atoms with Crippen molar-refractivity contribution in [3.63, 3.8) is 0 Å². The highest BCUT2D eigenvalue weighted by Gasteiger charge is 2.27. The number of aliphatic hydroxyl groups is 1. The monoisotopic (exact) mass is 980 g/mol. The Kier molecular flexibility index (Phi) is 49.7. The van der Waals surface area contributed by atoms with E-state index in [1.165, 1.54) is 218 Å². The normalized spacial score (nSPS) is 14.2. The number of aliphatic hydroxyl groups excluding tert-OH is 1. The van der Waals surface area contributed by atoms with E-state index in [0.717, 1.165) is 44.9 Å². The van der Waals surface area contributed by atoms with Gasteiger partial charge < -0.3 is 19.8 Å². The zero-order valence-corrected chi connectivity index (χ0v) is 46.8. The highest BCUT2D eigenvalue weighted by molar-refractivity contribution is 7.47. The highest BCUT2D eigenvalue weighted by Crippen LogP contribution is 2.43. The predicted molar refractivity (Wildman–Crippen MR) is 295 cm³/mol. The first-order valence-corrected chi connectivity index (χ1v) is 30.9. The van der Waals surface area contributed by atoms with Gasteiger partial charge in [0.2, 0.25) is 5.91 Å². The van der Waals surface area contributed by atoms with Crippen LogP contribution in [0.5, 0.6) is 0 Å². The molecule has 0 aliphatic heterocycles. The van der Waals surface area contributed by atoms with E-state index in [9.17, 15) is 19.4 Å². The van der Waals surface area contributed by atoms with Crippen LogP contribution in [0.2, 0.25) is 0 Å². The fourth-order valence-electron chi connectivity index (χ4n) is 8.72. The van der Waals surface area contributed by atoms with Gasteiger partial charge in [-0.3, -0.25) is 13.8 Å². The van der Waals surface area contributed by atoms with Gasteiger partial charge in [0.25, 0.3) is 0 Å². The molecule has 0 saturated carbocycles. The number of quaternary nitrogens is 1. The number of allylic oxidation sites excluding steroid dienone is 5. The van der Waals surface area contributed by atoms with E-state index in [-0.39, 0.29) is 19.1 Å². The molecule has 3 unspecified atom stereocenters. The van der Waals surface area contributed by atoms with E-state index in [1.807, 2.05) is 27.2 Å². The molecule has 3 N–H and O–H groups in total. The molecule has 0 aliphatic rings. The van der Waals surface area contributed by atoms with Gasteiger partial charge in [-0.25, -0.2) is 4.57 Å². The van der Waals surface area contributed by atoms with Crippen LogP contribution in [0.15, 0.2) is 36.5 Å². The van der Waals surface area contributed by atoms with Crippen molar-refractivity contribution in [3.8, 4) is 0 Å². The Morgan fingerprint density at radius 2 is 0.838 bits per heavy atom. The summed E-state index contributed by atoms with van der Waals surface area (Å²) in [5.41, 5.74) is 0. The average molecular weight is 981 g/mol. The summed E-state index contributed by atoms with van der Waals surface area (Å²) in [5, 5.41) is 13.9. The van der Waals surface area contributed by atoms with Gasteiger partial charge in [-0.1, -0.05) is 262 Å². The SMILES string of the molecule is CCCCCCC/C=C\C/C=C\CCCCCCCCCCCCCCCCCC(=O)NC(COP(=O)(O)OCC[N+](C)(C)C)C(O)/C=C/CCCCCCCCCCCCCCCCCCC. The molecule has 0 saturated heterocycles. The van der Waals surface area contributed by atoms with Crippen molar-refractivity contribution in [2.75, 3.05) is 40.9 Å². The maximum absolute atomic E-state index is 13.0. The van der Waals surface area contributed by atoms with Crippen molar-refractivity contribution in [1.82, 2.24) is 5.32 Å². The van der Waals surface area contributed by atoms with Gasteiger partial charge in [-0.05, 0) is 51.4 Å². The average Bonchev–Trinajstić information content (AvgIpc) is 3.30. The number of rotatable bonds is 54. The molecule has 402 valence electrons. The number of phosphoric ester groups is 1. The molecular formula is C59H116N2O6P+. The zero-order chi connectivity index (χ0) is 49.9. The molecule has 0 radical (unpaired) electrons. The van der Waals surface area contributed by atoms with Gasteiger partial charge in [0.05, 0.1) is 39.9 Å². The van der Waals surface area contributed by atoms with Gasteiger partial charge in [0.15, 0.2) is 0 Å². The molecule has 68 heavy (non-hydrogen) atoms. The van der Waals surface area contributed by atoms with Crippen LogP contribution >= 0.6 is 7.82 Å². The van der Waals surface area contributed by atoms with Gasteiger partial charge in [0.1, 0.15) is 13.2 Å². The third kappa shape index (κ3) is 52.5. The summed E-state index contributed by atoms with van der Waals surface area (Å²) in [7, 11) is 1.58. The number of carbonyl (C=O) groups is 1. The minimum Gasteiger partial charge on any atom is -0.387 e. The molecule has 0 aromatic rings. The van der Waals surface area contributed by atoms with Crippen molar-refractivity contribution in [2.24, 2.45) is 0 Å². The third-order valence-corrected chi connectivity index (χ3v) is 14.3. The molecule has 0 rings (SSSR count). The summed E-state index contributed by atoms with van der Waals surface area (Å²) >= 11 is 0. The Bertz CT molecular complexity index is 1200. The summed E-state index contributed by atoms with van der Waals surface area (Å²) in [6.07, 6.45) is 65.3. The third-order valence-electron chi connectivity index (χ3n) is 13.4. The smallest absolute Gasteiger partial charge is 0.387 e. The van der Waals surface area contributed by atoms with Crippen molar-refractivity contribution < 1.29 is 32.9 Å². The number of amides is 1. The number of nitrogens with one attached hydrogen (secondary N) is 1. The molecule has 0 aromatic heterocycles. The lowest BCUT2D eigenvalue weighted by atomic mass is 10.0. The molecular weight excluding hydrogens is 864 g/mol. The minimum atomic E-state index is -4.35. The van der Waals surface area contributed by atoms with Gasteiger partial charge in [-0.2, -0.15) is 0 Å². The molecule has 0 spiro atoms. The number of hydrogen-bond donors (Lipinski definition) is 3. The maximum atomic E-state index is 13.0. The fourth-order valence-corrected chi connectivity index (χ4v) is 9.46. The van der Waals surface area contributed by atoms with Crippen LogP contribution in [0.25, 0.3) is 0 Å². The van der Waals surface area contributed by atoms with Crippen LogP contribution in [-0.4, -0.2) is 73.4 Å². The first-order chi connectivity index (χ1) is 33.0. The molecule has 9 heteroatoms. The second kappa shape index (κ2) is 50.7. The van der Waals surface area contributed by atoms with Gasteiger partial charge >= 0.3 is 7.82 Å². The second-order valence-corrected chi connectivity index (χ2v) is 22.8. The standard InChI is InChI=1S/C59H115N2O6P/c1-6-8-10-12-14-16-18-20-22-24-26-27-28-29-30-31-32-33-35-37-39-41-43-45-47-49-51-53-59(63)60-57(56-67-68(64,65)66-55-54-61(3,4)5)58(62)52-50-48-46-44-42-40-38-36-34-25-23-21-19-17-15-13-11-9-7-2/h18,20,24,26,50,52,57-58,62H,6-17,19,21-23,25,27-49,51,53-56H2,1-5H3,(H-,60,63,64,65)/p+1/b20-18-,26-24-,52-50+. The van der Waals surface area contributed by atoms with Crippen LogP contribution in [0.4, 0.5) is 0 Å². The quantitative estimate of drug-likeness (QED) is 0.0243. The molecule has 3 atom stereocenters. The highest BCUT2D eigenvalue weighted by atomic mass is 31.2. The van der Waals surface area contributed by atoms with E-state index in [0.29, 0.717) is 17.4 Å². The van der Waals surface area contributed by atoms with E-state index in [1.54, 1.807) is 6.08 Å². The summed E-state index contributed by atoms with van der Waals surface area (Å²) in [6, 6.07) is -0.846. The lowest BCUT2D eigenvalue weighted by Gasteiger charge is -2.25. The Balaban J connectivity index is 4.16. The number of unbranched alkanes of at least 4 members (excludes halogenated alkanes) is 37. The Morgan fingerprint density at radius 1 is 0.500 bits per heavy atom. The van der Waals surface area contributed by atoms with Crippen LogP contribution in [0, 0.1) is 0 Å². The first-order valence-electron chi connectivity index (χ1n) is 29.4. The fraction of sp³-hybridized carbons (Fsp3) is 0.881. The largest absolute Gasteiger partial charge is 0.472 e. The summed E-state index contributed by atoms with van der Waals surface area (Å²) in [4.78, 5) is 23.3. The lowest BCUT2D eigenvalue weighted by molar-refractivity contribution is -0.870. The summed E-state index contributed by atoms with van der Waals surface area (Å²) < 4.78 is 23.7. The zero-order valence-electron chi connectivity index (χ0n) is 45.9. The summed E-state index contributed by atoms with van der Waals surface area (Å²) in [6.45, 7) is 4.84. The van der Waals surface area contributed by atoms with Crippen LogP contribution in [0.1, 0.15) is 284 Å². The molecule has 1 amide bonds. The molecule has 0 aromatic carbocycles. The van der Waals surface area contributed by atoms with E-state index < -0.39 is 20.0 Å². The lowest BCUT2D eigenvalue weighted by Crippen LogP contribution is -2.45. The Hall–Kier alpha value is -1.28. The van der Waals surface area contributed by atoms with Crippen LogP contribution < -0.4 is 5.32 Å². The van der Waals surface area contributed by atoms with Crippen molar-refractivity contribution in [2.45, 2.75) is 296 Å². The Labute approximate surface area is 423 Å². The van der Waals surface area contributed by atoms with Gasteiger partial charge in [-0.15, -0.1) is 0 Å². The summed E-state index contributed by atoms with van der Waals surface area (Å²) in [5.74, 6) is -0.174. The number of hydrogen-bond acceptors (Lipinski definition) is 5. The van der Waals surface area contributed by atoms with E-state index in [4.69, 9.17) is 9.05 Å². The number of phosphoric acid groups is 1. The maximum Gasteiger partial charge on any atom is 0.472 e. The minimum absolute atomic E-state index is 0.0627. The molecule has 0 heterocycles. The topological polar surface area (TPSA) is 105 Å². The molecule has 0 aliphatic carbocycles. The predicted octanol–water partition coefficient (Wildman–Crippen LogP) is 17.8. The number of likely N-dealkylation sites (N-methyl/N-ethyl adjacent to an activating group) is 1. The first kappa shape index (κ1) is 66.7. The Morgan fingerprint density at radius 3 is 1.21 bits per heavy atom. The van der Waals surface area contributed by atoms with E-state index in [2.05, 4.69) is 43.5 Å². The van der Waals surface area contributed by atoms with Crippen LogP contribution in [-0.2, 0) is 18.4 Å². The van der Waals surface area contributed by atoms with Crippen molar-refractivity contribution >= 4 is 13.7 Å². The number of carbonyl (C=O) groups excluding carboxylic acids is 1. The molecule has 8 nitrogen and oxygen atoms in total. The number of nitrogens with zero attached hydrogens (tertiary/aromatic N) is 1. The van der Waals surface area contributed by atoms with E-state index >= 15 is 0 Å². The van der Waals surface area contributed by atoms with Crippen LogP contribution in [0.3, 0.4) is 0 Å². The van der Waals surface area contributed by atoms with Crippen molar-refractivity contribution in [1.29, 1.82) is 0 Å². The van der Waals surface area contributed by atoms with Gasteiger partial charge in [0, 0.05) is 6.42 Å².